The molecule has 0 bridgehead atoms. The van der Waals surface area contributed by atoms with E-state index in [0.29, 0.717) is 19.8 Å². The van der Waals surface area contributed by atoms with Gasteiger partial charge in [-0.3, -0.25) is 9.78 Å². The summed E-state index contributed by atoms with van der Waals surface area (Å²) < 4.78 is 5.45. The van der Waals surface area contributed by atoms with Crippen LogP contribution in [0, 0.1) is 5.92 Å². The van der Waals surface area contributed by atoms with E-state index < -0.39 is 0 Å². The number of carbonyl (C=O) groups excluding carboxylic acids is 1. The van der Waals surface area contributed by atoms with Gasteiger partial charge in [-0.15, -0.1) is 0 Å². The Bertz CT molecular complexity index is 410. The Morgan fingerprint density at radius 1 is 1.42 bits per heavy atom. The van der Waals surface area contributed by atoms with Crippen molar-refractivity contribution in [3.05, 3.63) is 24.5 Å². The highest BCUT2D eigenvalue weighted by Gasteiger charge is 2.36. The van der Waals surface area contributed by atoms with Crippen LogP contribution in [0.15, 0.2) is 24.5 Å². The number of ether oxygens (including phenoxy) is 1. The molecule has 19 heavy (non-hydrogen) atoms. The van der Waals surface area contributed by atoms with Gasteiger partial charge in [-0.2, -0.15) is 0 Å². The lowest BCUT2D eigenvalue weighted by Gasteiger charge is -2.26. The third-order valence-corrected chi connectivity index (χ3v) is 3.42. The van der Waals surface area contributed by atoms with E-state index >= 15 is 0 Å². The van der Waals surface area contributed by atoms with Crippen molar-refractivity contribution in [2.75, 3.05) is 31.2 Å². The number of anilines is 1. The van der Waals surface area contributed by atoms with E-state index in [-0.39, 0.29) is 17.9 Å². The molecule has 1 amide bonds. The van der Waals surface area contributed by atoms with E-state index in [2.05, 4.69) is 10.3 Å². The number of hydrogen-bond donors (Lipinski definition) is 1. The highest BCUT2D eigenvalue weighted by molar-refractivity contribution is 5.95. The normalized spacial score (nSPS) is 22.4. The summed E-state index contributed by atoms with van der Waals surface area (Å²) in [6.45, 7) is 6.63. The van der Waals surface area contributed by atoms with Gasteiger partial charge in [0.15, 0.2) is 0 Å². The molecular weight excluding hydrogens is 242 g/mol. The lowest BCUT2D eigenvalue weighted by atomic mass is 10.0. The lowest BCUT2D eigenvalue weighted by Crippen LogP contribution is -2.46. The summed E-state index contributed by atoms with van der Waals surface area (Å²) in [5.74, 6) is 0.0187. The number of aromatic nitrogens is 1. The SMILES string of the molecule is CCNC1COCC1C(=O)N(CC)c1ccncc1. The third-order valence-electron chi connectivity index (χ3n) is 3.42. The van der Waals surface area contributed by atoms with Crippen molar-refractivity contribution in [1.82, 2.24) is 10.3 Å². The van der Waals surface area contributed by atoms with Gasteiger partial charge in [-0.05, 0) is 25.6 Å². The molecule has 0 aromatic carbocycles. The van der Waals surface area contributed by atoms with Crippen LogP contribution >= 0.6 is 0 Å². The maximum absolute atomic E-state index is 12.6. The topological polar surface area (TPSA) is 54.5 Å². The fraction of sp³-hybridized carbons (Fsp3) is 0.571. The fourth-order valence-electron chi connectivity index (χ4n) is 2.45. The molecule has 1 aromatic rings. The van der Waals surface area contributed by atoms with Gasteiger partial charge in [0.1, 0.15) is 0 Å². The molecule has 2 unspecified atom stereocenters. The summed E-state index contributed by atoms with van der Waals surface area (Å²) in [5.41, 5.74) is 0.893. The Hall–Kier alpha value is -1.46. The molecule has 0 radical (unpaired) electrons. The number of rotatable bonds is 5. The summed E-state index contributed by atoms with van der Waals surface area (Å²) in [5, 5.41) is 3.32. The van der Waals surface area contributed by atoms with Crippen LogP contribution in [-0.4, -0.2) is 43.2 Å². The number of carbonyl (C=O) groups is 1. The first kappa shape index (κ1) is 14.0. The second-order valence-electron chi connectivity index (χ2n) is 4.60. The fourth-order valence-corrected chi connectivity index (χ4v) is 2.45. The number of nitrogens with zero attached hydrogens (tertiary/aromatic N) is 2. The zero-order valence-electron chi connectivity index (χ0n) is 11.5. The largest absolute Gasteiger partial charge is 0.379 e. The molecule has 1 N–H and O–H groups in total. The molecule has 1 saturated heterocycles. The molecule has 104 valence electrons. The highest BCUT2D eigenvalue weighted by Crippen LogP contribution is 2.21. The standard InChI is InChI=1S/C14H21N3O2/c1-3-16-13-10-19-9-12(13)14(18)17(4-2)11-5-7-15-8-6-11/h5-8,12-13,16H,3-4,9-10H2,1-2H3. The number of likely N-dealkylation sites (N-methyl/N-ethyl adjacent to an activating group) is 1. The van der Waals surface area contributed by atoms with Crippen LogP contribution in [0.25, 0.3) is 0 Å². The quantitative estimate of drug-likeness (QED) is 0.863. The van der Waals surface area contributed by atoms with Gasteiger partial charge < -0.3 is 15.0 Å². The van der Waals surface area contributed by atoms with Gasteiger partial charge in [0.05, 0.1) is 19.1 Å². The second-order valence-corrected chi connectivity index (χ2v) is 4.60. The summed E-state index contributed by atoms with van der Waals surface area (Å²) in [7, 11) is 0. The lowest BCUT2D eigenvalue weighted by molar-refractivity contribution is -0.122. The molecule has 0 spiro atoms. The number of amides is 1. The molecule has 2 heterocycles. The minimum absolute atomic E-state index is 0.104. The monoisotopic (exact) mass is 263 g/mol. The first-order valence-electron chi connectivity index (χ1n) is 6.80. The number of nitrogens with one attached hydrogen (secondary N) is 1. The van der Waals surface area contributed by atoms with Crippen molar-refractivity contribution in [3.63, 3.8) is 0 Å². The second kappa shape index (κ2) is 6.63. The Labute approximate surface area is 114 Å². The molecule has 5 heteroatoms. The predicted molar refractivity (Wildman–Crippen MR) is 74.0 cm³/mol. The minimum Gasteiger partial charge on any atom is -0.379 e. The molecule has 1 fully saturated rings. The van der Waals surface area contributed by atoms with Gasteiger partial charge in [0, 0.05) is 30.7 Å². The van der Waals surface area contributed by atoms with Crippen LogP contribution in [0.1, 0.15) is 13.8 Å². The van der Waals surface area contributed by atoms with Crippen LogP contribution in [0.2, 0.25) is 0 Å². The highest BCUT2D eigenvalue weighted by atomic mass is 16.5. The van der Waals surface area contributed by atoms with E-state index in [0.717, 1.165) is 12.2 Å². The van der Waals surface area contributed by atoms with Crippen molar-refractivity contribution in [3.8, 4) is 0 Å². The molecular formula is C14H21N3O2. The van der Waals surface area contributed by atoms with E-state index in [1.165, 1.54) is 0 Å². The smallest absolute Gasteiger partial charge is 0.234 e. The van der Waals surface area contributed by atoms with E-state index in [1.54, 1.807) is 17.3 Å². The Kier molecular flexibility index (Phi) is 4.87. The van der Waals surface area contributed by atoms with E-state index in [9.17, 15) is 4.79 Å². The van der Waals surface area contributed by atoms with Gasteiger partial charge in [-0.25, -0.2) is 0 Å². The molecule has 2 rings (SSSR count). The summed E-state index contributed by atoms with van der Waals surface area (Å²) in [6.07, 6.45) is 3.41. The zero-order valence-corrected chi connectivity index (χ0v) is 11.5. The molecule has 5 nitrogen and oxygen atoms in total. The van der Waals surface area contributed by atoms with Crippen LogP contribution in [0.4, 0.5) is 5.69 Å². The maximum atomic E-state index is 12.6. The van der Waals surface area contributed by atoms with Gasteiger partial charge in [-0.1, -0.05) is 6.92 Å². The van der Waals surface area contributed by atoms with Crippen molar-refractivity contribution < 1.29 is 9.53 Å². The number of pyridine rings is 1. The Morgan fingerprint density at radius 3 is 2.79 bits per heavy atom. The molecule has 1 aromatic heterocycles. The maximum Gasteiger partial charge on any atom is 0.234 e. The van der Waals surface area contributed by atoms with Crippen LogP contribution in [-0.2, 0) is 9.53 Å². The summed E-state index contributed by atoms with van der Waals surface area (Å²) in [4.78, 5) is 18.4. The molecule has 1 aliphatic rings. The minimum atomic E-state index is -0.104. The molecule has 1 aliphatic heterocycles. The van der Waals surface area contributed by atoms with Crippen LogP contribution < -0.4 is 10.2 Å². The average Bonchev–Trinajstić information content (AvgIpc) is 2.89. The Morgan fingerprint density at radius 2 is 2.16 bits per heavy atom. The first-order valence-corrected chi connectivity index (χ1v) is 6.80. The van der Waals surface area contributed by atoms with Crippen LogP contribution in [0.5, 0.6) is 0 Å². The van der Waals surface area contributed by atoms with E-state index in [1.807, 2.05) is 26.0 Å². The molecule has 0 saturated carbocycles. The zero-order chi connectivity index (χ0) is 13.7. The molecule has 0 aliphatic carbocycles. The molecule has 2 atom stereocenters. The third kappa shape index (κ3) is 3.11. The van der Waals surface area contributed by atoms with E-state index in [4.69, 9.17) is 4.74 Å². The van der Waals surface area contributed by atoms with Crippen molar-refractivity contribution in [2.24, 2.45) is 5.92 Å². The van der Waals surface area contributed by atoms with Gasteiger partial charge >= 0.3 is 0 Å². The van der Waals surface area contributed by atoms with Gasteiger partial charge in [0.25, 0.3) is 0 Å². The van der Waals surface area contributed by atoms with Crippen LogP contribution in [0.3, 0.4) is 0 Å². The van der Waals surface area contributed by atoms with Crippen molar-refractivity contribution in [2.45, 2.75) is 19.9 Å². The summed E-state index contributed by atoms with van der Waals surface area (Å²) >= 11 is 0. The first-order chi connectivity index (χ1) is 9.27. The Balaban J connectivity index is 2.12. The average molecular weight is 263 g/mol. The van der Waals surface area contributed by atoms with Gasteiger partial charge in [0.2, 0.25) is 5.91 Å². The van der Waals surface area contributed by atoms with Crippen molar-refractivity contribution >= 4 is 11.6 Å². The summed E-state index contributed by atoms with van der Waals surface area (Å²) in [6, 6.07) is 3.84. The predicted octanol–water partition coefficient (Wildman–Crippen LogP) is 1.06. The number of hydrogen-bond acceptors (Lipinski definition) is 4. The van der Waals surface area contributed by atoms with Crippen molar-refractivity contribution in [1.29, 1.82) is 0 Å².